The van der Waals surface area contributed by atoms with Gasteiger partial charge in [-0.3, -0.25) is 0 Å². The number of fused-ring (bicyclic) bond motifs is 5. The van der Waals surface area contributed by atoms with E-state index in [0.717, 1.165) is 72.3 Å². The molecule has 0 radical (unpaired) electrons. The van der Waals surface area contributed by atoms with Crippen LogP contribution in [0.4, 0.5) is 17.1 Å². The summed E-state index contributed by atoms with van der Waals surface area (Å²) in [6, 6.07) is 72.3. The van der Waals surface area contributed by atoms with Crippen LogP contribution in [0.3, 0.4) is 0 Å². The number of hydrogen-bond donors (Lipinski definition) is 0. The van der Waals surface area contributed by atoms with Crippen molar-refractivity contribution in [2.75, 3.05) is 4.90 Å². The maximum absolute atomic E-state index is 6.76. The Morgan fingerprint density at radius 2 is 0.965 bits per heavy atom. The molecule has 0 saturated carbocycles. The number of hydrogen-bond acceptors (Lipinski definition) is 4. The summed E-state index contributed by atoms with van der Waals surface area (Å²) in [4.78, 5) is 7.54. The number of oxazole rings is 1. The summed E-state index contributed by atoms with van der Waals surface area (Å²) >= 11 is 0. The van der Waals surface area contributed by atoms with E-state index in [1.807, 2.05) is 42.5 Å². The van der Waals surface area contributed by atoms with Gasteiger partial charge >= 0.3 is 0 Å². The Balaban J connectivity index is 1.16. The molecule has 11 aromatic rings. The molecule has 0 aliphatic carbocycles. The molecule has 4 heteroatoms. The van der Waals surface area contributed by atoms with Crippen molar-refractivity contribution in [3.63, 3.8) is 0 Å². The Labute approximate surface area is 329 Å². The minimum Gasteiger partial charge on any atom is -0.455 e. The van der Waals surface area contributed by atoms with Crippen molar-refractivity contribution in [1.29, 1.82) is 0 Å². The van der Waals surface area contributed by atoms with E-state index in [2.05, 4.69) is 169 Å². The fraction of sp³-hybridized carbons (Fsp3) is 0. The lowest BCUT2D eigenvalue weighted by molar-refractivity contribution is 0.620. The molecule has 0 unspecified atom stereocenters. The van der Waals surface area contributed by atoms with E-state index in [0.29, 0.717) is 11.5 Å². The van der Waals surface area contributed by atoms with Crippen molar-refractivity contribution in [2.24, 2.45) is 0 Å². The zero-order chi connectivity index (χ0) is 37.7. The minimum atomic E-state index is 0.572. The van der Waals surface area contributed by atoms with Crippen LogP contribution in [0.15, 0.2) is 215 Å². The topological polar surface area (TPSA) is 42.4 Å². The summed E-state index contributed by atoms with van der Waals surface area (Å²) in [5.74, 6) is 0.572. The molecule has 57 heavy (non-hydrogen) atoms. The van der Waals surface area contributed by atoms with Gasteiger partial charge in [-0.05, 0) is 99.3 Å². The number of para-hydroxylation sites is 1. The number of nitrogens with zero attached hydrogens (tertiary/aromatic N) is 2. The van der Waals surface area contributed by atoms with Gasteiger partial charge in [-0.1, -0.05) is 146 Å². The highest BCUT2D eigenvalue weighted by Crippen LogP contribution is 2.47. The second kappa shape index (κ2) is 13.6. The second-order valence-corrected chi connectivity index (χ2v) is 14.3. The number of aromatic nitrogens is 1. The fourth-order valence-electron chi connectivity index (χ4n) is 8.14. The Morgan fingerprint density at radius 3 is 1.74 bits per heavy atom. The second-order valence-electron chi connectivity index (χ2n) is 14.3. The SMILES string of the molecule is c1ccc(-c2ccc(N(c3ccc(-c4c5nc(-c6ccccc6)oc5cc5c4oc4ccccc45)c(-c4ccccc4)c3)c3ccc4ccccc4c3)cc2)cc1. The molecule has 0 fully saturated rings. The summed E-state index contributed by atoms with van der Waals surface area (Å²) < 4.78 is 13.3. The summed E-state index contributed by atoms with van der Waals surface area (Å²) in [5.41, 5.74) is 13.5. The molecule has 0 amide bonds. The predicted octanol–water partition coefficient (Wildman–Crippen LogP) is 15.0. The number of rotatable bonds is 7. The lowest BCUT2D eigenvalue weighted by Crippen LogP contribution is -2.10. The van der Waals surface area contributed by atoms with Crippen LogP contribution in [0.25, 0.3) is 88.6 Å². The first-order valence-corrected chi connectivity index (χ1v) is 19.2. The standard InChI is InChI=1S/C53H34N2O2/c1-4-14-35(15-5-1)37-24-27-41(28-25-37)55(42-29-26-36-16-10-11-21-40(36)32-42)43-30-31-45(46(33-43)38-17-6-2-7-18-38)50-51-49(57-53(54-51)39-19-8-3-9-20-39)34-47-44-22-12-13-23-48(44)56-52(47)50/h1-34H. The van der Waals surface area contributed by atoms with E-state index in [1.54, 1.807) is 0 Å². The van der Waals surface area contributed by atoms with E-state index < -0.39 is 0 Å². The van der Waals surface area contributed by atoms with Gasteiger partial charge in [0.25, 0.3) is 0 Å². The minimum absolute atomic E-state index is 0.572. The molecule has 11 rings (SSSR count). The number of anilines is 3. The first-order valence-electron chi connectivity index (χ1n) is 19.2. The largest absolute Gasteiger partial charge is 0.455 e. The molecule has 268 valence electrons. The zero-order valence-electron chi connectivity index (χ0n) is 30.8. The molecule has 0 atom stereocenters. The molecule has 0 bridgehead atoms. The molecule has 4 nitrogen and oxygen atoms in total. The fourth-order valence-corrected chi connectivity index (χ4v) is 8.14. The molecule has 2 heterocycles. The maximum Gasteiger partial charge on any atom is 0.227 e. The van der Waals surface area contributed by atoms with E-state index in [9.17, 15) is 0 Å². The van der Waals surface area contributed by atoms with Crippen LogP contribution in [0.1, 0.15) is 0 Å². The van der Waals surface area contributed by atoms with Gasteiger partial charge in [0, 0.05) is 33.4 Å². The summed E-state index contributed by atoms with van der Waals surface area (Å²) in [6.45, 7) is 0. The third kappa shape index (κ3) is 5.74. The average molecular weight is 731 g/mol. The third-order valence-electron chi connectivity index (χ3n) is 10.9. The lowest BCUT2D eigenvalue weighted by Gasteiger charge is -2.27. The molecule has 2 aromatic heterocycles. The Kier molecular flexibility index (Phi) is 7.78. The van der Waals surface area contributed by atoms with Gasteiger partial charge in [0.05, 0.1) is 5.56 Å². The van der Waals surface area contributed by atoms with Crippen molar-refractivity contribution < 1.29 is 8.83 Å². The van der Waals surface area contributed by atoms with E-state index in [1.165, 1.54) is 21.9 Å². The molecule has 0 N–H and O–H groups in total. The third-order valence-corrected chi connectivity index (χ3v) is 10.9. The molecular formula is C53H34N2O2. The molecule has 0 aliphatic rings. The van der Waals surface area contributed by atoms with Gasteiger partial charge in [0.1, 0.15) is 16.7 Å². The summed E-state index contributed by atoms with van der Waals surface area (Å²) in [7, 11) is 0. The Bertz CT molecular complexity index is 3220. The first-order chi connectivity index (χ1) is 28.2. The van der Waals surface area contributed by atoms with E-state index in [4.69, 9.17) is 13.8 Å². The van der Waals surface area contributed by atoms with Gasteiger partial charge < -0.3 is 13.7 Å². The van der Waals surface area contributed by atoms with Gasteiger partial charge in [0.2, 0.25) is 5.89 Å². The molecule has 0 saturated heterocycles. The molecular weight excluding hydrogens is 697 g/mol. The van der Waals surface area contributed by atoms with Gasteiger partial charge in [-0.25, -0.2) is 4.98 Å². The van der Waals surface area contributed by atoms with Crippen LogP contribution in [0.5, 0.6) is 0 Å². The predicted molar refractivity (Wildman–Crippen MR) is 235 cm³/mol. The maximum atomic E-state index is 6.76. The van der Waals surface area contributed by atoms with Gasteiger partial charge in [0.15, 0.2) is 5.58 Å². The monoisotopic (exact) mass is 730 g/mol. The van der Waals surface area contributed by atoms with E-state index >= 15 is 0 Å². The normalized spacial score (nSPS) is 11.5. The smallest absolute Gasteiger partial charge is 0.227 e. The number of furan rings is 1. The van der Waals surface area contributed by atoms with Crippen molar-refractivity contribution in [3.05, 3.63) is 206 Å². The highest BCUT2D eigenvalue weighted by atomic mass is 16.4. The molecule has 0 aliphatic heterocycles. The lowest BCUT2D eigenvalue weighted by atomic mass is 9.91. The average Bonchev–Trinajstić information content (AvgIpc) is 3.88. The van der Waals surface area contributed by atoms with Crippen molar-refractivity contribution in [1.82, 2.24) is 4.98 Å². The molecule has 0 spiro atoms. The first kappa shape index (κ1) is 32.7. The van der Waals surface area contributed by atoms with E-state index in [-0.39, 0.29) is 0 Å². The molecule has 9 aromatic carbocycles. The van der Waals surface area contributed by atoms with Crippen LogP contribution in [0.2, 0.25) is 0 Å². The highest BCUT2D eigenvalue weighted by Gasteiger charge is 2.25. The van der Waals surface area contributed by atoms with Crippen LogP contribution < -0.4 is 4.90 Å². The highest BCUT2D eigenvalue weighted by molar-refractivity contribution is 6.18. The van der Waals surface area contributed by atoms with Crippen LogP contribution >= 0.6 is 0 Å². The Morgan fingerprint density at radius 1 is 0.368 bits per heavy atom. The summed E-state index contributed by atoms with van der Waals surface area (Å²) in [6.07, 6.45) is 0. The van der Waals surface area contributed by atoms with Crippen molar-refractivity contribution in [2.45, 2.75) is 0 Å². The van der Waals surface area contributed by atoms with Gasteiger partial charge in [-0.15, -0.1) is 0 Å². The van der Waals surface area contributed by atoms with Crippen LogP contribution in [0, 0.1) is 0 Å². The van der Waals surface area contributed by atoms with Gasteiger partial charge in [-0.2, -0.15) is 0 Å². The Hall–Kier alpha value is -7.69. The van der Waals surface area contributed by atoms with Crippen molar-refractivity contribution in [3.8, 4) is 44.8 Å². The van der Waals surface area contributed by atoms with Crippen LogP contribution in [-0.2, 0) is 0 Å². The van der Waals surface area contributed by atoms with Crippen molar-refractivity contribution >= 4 is 60.9 Å². The zero-order valence-corrected chi connectivity index (χ0v) is 30.8. The summed E-state index contributed by atoms with van der Waals surface area (Å²) in [5, 5.41) is 4.40. The quantitative estimate of drug-likeness (QED) is 0.164. The van der Waals surface area contributed by atoms with Crippen LogP contribution in [-0.4, -0.2) is 4.98 Å². The number of benzene rings is 9.